The first-order chi connectivity index (χ1) is 17.8. The van der Waals surface area contributed by atoms with Gasteiger partial charge in [-0.15, -0.1) is 0 Å². The van der Waals surface area contributed by atoms with Crippen LogP contribution in [0.4, 0.5) is 4.79 Å². The highest BCUT2D eigenvalue weighted by Gasteiger charge is 2.34. The second kappa shape index (κ2) is 18.7. The van der Waals surface area contributed by atoms with Crippen molar-refractivity contribution in [2.24, 2.45) is 0 Å². The van der Waals surface area contributed by atoms with Crippen LogP contribution in [0.15, 0.2) is 24.3 Å². The number of carbonyl (C=O) groups is 2. The summed E-state index contributed by atoms with van der Waals surface area (Å²) in [6.45, 7) is -2.72. The molecule has 8 atom stereocenters. The van der Waals surface area contributed by atoms with Gasteiger partial charge in [0.15, 0.2) is 0 Å². The van der Waals surface area contributed by atoms with E-state index in [1.165, 1.54) is 4.90 Å². The van der Waals surface area contributed by atoms with Crippen LogP contribution in [-0.2, 0) is 17.9 Å². The summed E-state index contributed by atoms with van der Waals surface area (Å²) in [4.78, 5) is 20.3. The molecule has 220 valence electrons. The van der Waals surface area contributed by atoms with Crippen molar-refractivity contribution in [1.29, 1.82) is 0 Å². The van der Waals surface area contributed by atoms with Crippen LogP contribution in [0.5, 0.6) is 0 Å². The molecule has 0 spiro atoms. The maximum Gasteiger partial charge on any atom is 0.404 e. The largest absolute Gasteiger partial charge is 0.483 e. The van der Waals surface area contributed by atoms with E-state index in [2.05, 4.69) is 5.32 Å². The number of aliphatic hydroxyl groups excluding tert-OH is 10. The van der Waals surface area contributed by atoms with E-state index in [0.717, 1.165) is 0 Å². The van der Waals surface area contributed by atoms with Crippen LogP contribution in [0.1, 0.15) is 11.1 Å². The quantitative estimate of drug-likeness (QED) is 0.0850. The van der Waals surface area contributed by atoms with Crippen LogP contribution in [0.25, 0.3) is 0 Å². The van der Waals surface area contributed by atoms with E-state index in [-0.39, 0.29) is 19.6 Å². The Bertz CT molecular complexity index is 756. The van der Waals surface area contributed by atoms with Crippen molar-refractivity contribution in [3.05, 3.63) is 35.4 Å². The fourth-order valence-corrected chi connectivity index (χ4v) is 3.27. The molecule has 0 aliphatic rings. The fraction of sp³-hybridized carbons (Fsp3) is 0.636. The Morgan fingerprint density at radius 1 is 0.737 bits per heavy atom. The van der Waals surface area contributed by atoms with E-state index < -0.39 is 81.2 Å². The zero-order chi connectivity index (χ0) is 29.4. The van der Waals surface area contributed by atoms with Crippen molar-refractivity contribution < 1.29 is 70.9 Å². The molecular formula is C22H38N2O14. The molecule has 0 heterocycles. The highest BCUT2D eigenvalue weighted by molar-refractivity contribution is 5.64. The van der Waals surface area contributed by atoms with Gasteiger partial charge in [-0.3, -0.25) is 9.69 Å². The second-order valence-electron chi connectivity index (χ2n) is 8.37. The maximum atomic E-state index is 10.6. The van der Waals surface area contributed by atoms with Crippen LogP contribution in [0, 0.1) is 0 Å². The lowest BCUT2D eigenvalue weighted by Gasteiger charge is -2.33. The van der Waals surface area contributed by atoms with Gasteiger partial charge < -0.3 is 66.6 Å². The molecule has 0 aliphatic carbocycles. The smallest absolute Gasteiger partial charge is 0.404 e. The summed E-state index contributed by atoms with van der Waals surface area (Å²) >= 11 is 0. The number of benzene rings is 1. The molecule has 0 unspecified atom stereocenters. The molecule has 1 rings (SSSR count). The van der Waals surface area contributed by atoms with E-state index >= 15 is 0 Å². The summed E-state index contributed by atoms with van der Waals surface area (Å²) in [5.74, 6) is 0. The number of nitrogens with zero attached hydrogens (tertiary/aromatic N) is 1. The van der Waals surface area contributed by atoms with Gasteiger partial charge in [-0.2, -0.15) is 0 Å². The average Bonchev–Trinajstić information content (AvgIpc) is 2.90. The number of amides is 1. The Kier molecular flexibility index (Phi) is 17.5. The topological polar surface area (TPSA) is 292 Å². The highest BCUT2D eigenvalue weighted by Crippen LogP contribution is 2.14. The van der Waals surface area contributed by atoms with Crippen molar-refractivity contribution in [3.8, 4) is 0 Å². The number of hydrogen-bond donors (Lipinski definition) is 13. The van der Waals surface area contributed by atoms with Crippen LogP contribution in [0.2, 0.25) is 0 Å². The van der Waals surface area contributed by atoms with Crippen LogP contribution >= 0.6 is 0 Å². The third-order valence-electron chi connectivity index (χ3n) is 5.41. The molecule has 0 aliphatic heterocycles. The summed E-state index contributed by atoms with van der Waals surface area (Å²) in [6.07, 6.45) is -15.5. The summed E-state index contributed by atoms with van der Waals surface area (Å²) in [7, 11) is 0. The molecule has 0 bridgehead atoms. The second-order valence-corrected chi connectivity index (χ2v) is 8.37. The van der Waals surface area contributed by atoms with Crippen LogP contribution in [-0.4, -0.2) is 154 Å². The SMILES string of the molecule is O=C(O)NCc1ccc(CN(C[C@H](O)[C@@H](O)[C@H](O)[C@H](O)CO)C[C@H](O)[C@@H](O)[C@H](O)[C@H](O)CO)cc1.O=CO. The molecule has 13 N–H and O–H groups in total. The molecule has 0 fully saturated rings. The monoisotopic (exact) mass is 554 g/mol. The molecule has 0 radical (unpaired) electrons. The number of nitrogens with one attached hydrogen (secondary N) is 1. The number of rotatable bonds is 16. The van der Waals surface area contributed by atoms with E-state index in [4.69, 9.17) is 25.2 Å². The third kappa shape index (κ3) is 12.9. The lowest BCUT2D eigenvalue weighted by molar-refractivity contribution is -0.131. The minimum Gasteiger partial charge on any atom is -0.483 e. The first-order valence-corrected chi connectivity index (χ1v) is 11.3. The zero-order valence-electron chi connectivity index (χ0n) is 20.4. The van der Waals surface area contributed by atoms with Crippen LogP contribution in [0.3, 0.4) is 0 Å². The van der Waals surface area contributed by atoms with E-state index in [0.29, 0.717) is 11.1 Å². The van der Waals surface area contributed by atoms with Gasteiger partial charge in [-0.25, -0.2) is 4.79 Å². The Labute approximate surface area is 217 Å². The van der Waals surface area contributed by atoms with Crippen LogP contribution < -0.4 is 5.32 Å². The van der Waals surface area contributed by atoms with Crippen molar-refractivity contribution in [2.45, 2.75) is 61.9 Å². The summed E-state index contributed by atoms with van der Waals surface area (Å²) < 4.78 is 0. The summed E-state index contributed by atoms with van der Waals surface area (Å²) in [6, 6.07) is 6.52. The lowest BCUT2D eigenvalue weighted by Crippen LogP contribution is -2.53. The summed E-state index contributed by atoms with van der Waals surface area (Å²) in [5.41, 5.74) is 1.26. The minimum atomic E-state index is -1.88. The molecule has 0 saturated carbocycles. The maximum absolute atomic E-state index is 10.6. The zero-order valence-corrected chi connectivity index (χ0v) is 20.4. The van der Waals surface area contributed by atoms with Crippen molar-refractivity contribution in [3.63, 3.8) is 0 Å². The Morgan fingerprint density at radius 2 is 1.08 bits per heavy atom. The Hall–Kier alpha value is -2.48. The van der Waals surface area contributed by atoms with Crippen molar-refractivity contribution in [1.82, 2.24) is 10.2 Å². The molecule has 38 heavy (non-hydrogen) atoms. The predicted molar refractivity (Wildman–Crippen MR) is 128 cm³/mol. The van der Waals surface area contributed by atoms with Crippen molar-refractivity contribution >= 4 is 12.6 Å². The number of carboxylic acid groups (broad SMARTS) is 2. The lowest BCUT2D eigenvalue weighted by atomic mass is 10.0. The van der Waals surface area contributed by atoms with Gasteiger partial charge in [0, 0.05) is 26.2 Å². The van der Waals surface area contributed by atoms with Gasteiger partial charge >= 0.3 is 6.09 Å². The fourth-order valence-electron chi connectivity index (χ4n) is 3.27. The van der Waals surface area contributed by atoms with Gasteiger partial charge in [0.2, 0.25) is 0 Å². The average molecular weight is 555 g/mol. The normalized spacial score (nSPS) is 17.7. The number of aliphatic hydroxyl groups is 10. The standard InChI is InChI=1S/C21H36N2O12.CH2O2/c24-9-15(28)19(32)17(30)13(26)7-23(8-14(27)18(31)20(33)16(29)10-25)6-12-3-1-11(2-4-12)5-22-21(34)35;2-1-3/h1-4,13-20,22,24-33H,5-10H2,(H,34,35);1H,(H,2,3)/t13-,14-,15+,16+,17+,18+,19+,20+;/m0./s1. The molecule has 0 aromatic heterocycles. The van der Waals surface area contributed by atoms with E-state index in [9.17, 15) is 45.6 Å². The number of hydrogen-bond acceptors (Lipinski definition) is 13. The Morgan fingerprint density at radius 3 is 1.42 bits per heavy atom. The third-order valence-corrected chi connectivity index (χ3v) is 5.41. The van der Waals surface area contributed by atoms with Gasteiger partial charge in [0.05, 0.1) is 25.4 Å². The first-order valence-electron chi connectivity index (χ1n) is 11.3. The first kappa shape index (κ1) is 35.5. The van der Waals surface area contributed by atoms with Crippen molar-refractivity contribution in [2.75, 3.05) is 26.3 Å². The van der Waals surface area contributed by atoms with E-state index in [1.807, 2.05) is 0 Å². The van der Waals surface area contributed by atoms with Gasteiger partial charge in [-0.1, -0.05) is 24.3 Å². The van der Waals surface area contributed by atoms with E-state index in [1.54, 1.807) is 24.3 Å². The summed E-state index contributed by atoms with van der Waals surface area (Å²) in [5, 5.41) is 115. The van der Waals surface area contributed by atoms with Gasteiger partial charge in [0.25, 0.3) is 6.47 Å². The molecule has 1 aromatic carbocycles. The Balaban J connectivity index is 0.00000434. The minimum absolute atomic E-state index is 0.0114. The molecule has 1 aromatic rings. The highest BCUT2D eigenvalue weighted by atomic mass is 16.4. The van der Waals surface area contributed by atoms with Gasteiger partial charge in [-0.05, 0) is 11.1 Å². The molecule has 1 amide bonds. The van der Waals surface area contributed by atoms with Gasteiger partial charge in [0.1, 0.15) is 36.6 Å². The predicted octanol–water partition coefficient (Wildman–Crippen LogP) is -5.17. The molecular weight excluding hydrogens is 516 g/mol. The molecule has 16 heteroatoms. The molecule has 0 saturated heterocycles. The molecule has 16 nitrogen and oxygen atoms in total.